The van der Waals surface area contributed by atoms with Crippen molar-refractivity contribution in [3.63, 3.8) is 0 Å². The molecule has 200 valence electrons. The third-order valence-corrected chi connectivity index (χ3v) is 8.23. The van der Waals surface area contributed by atoms with Crippen LogP contribution in [0.2, 0.25) is 0 Å². The molecular formula is C29H33N3O5S. The van der Waals surface area contributed by atoms with E-state index < -0.39 is 10.0 Å². The molecule has 5 rings (SSSR count). The lowest BCUT2D eigenvalue weighted by molar-refractivity contribution is 0.0628. The third-order valence-electron chi connectivity index (χ3n) is 7.12. The molecular weight excluding hydrogens is 502 g/mol. The minimum atomic E-state index is -3.50. The van der Waals surface area contributed by atoms with E-state index >= 15 is 0 Å². The number of carbonyl (C=O) groups is 1. The molecule has 0 bridgehead atoms. The van der Waals surface area contributed by atoms with E-state index in [1.807, 2.05) is 61.2 Å². The number of anilines is 1. The SMILES string of the molecule is Cc1cccc(C)c1N(Cc1ccc(C(=O)N2CCN(Cc3ccc4c(c3)OCO4)CC2)cc1)S(C)(=O)=O. The number of hydrogen-bond donors (Lipinski definition) is 0. The van der Waals surface area contributed by atoms with Crippen LogP contribution in [0.5, 0.6) is 11.5 Å². The molecule has 2 aliphatic rings. The maximum atomic E-state index is 13.2. The van der Waals surface area contributed by atoms with Crippen LogP contribution >= 0.6 is 0 Å². The Balaban J connectivity index is 1.20. The smallest absolute Gasteiger partial charge is 0.253 e. The van der Waals surface area contributed by atoms with E-state index in [0.29, 0.717) is 24.3 Å². The molecule has 0 radical (unpaired) electrons. The van der Waals surface area contributed by atoms with Crippen molar-refractivity contribution >= 4 is 21.6 Å². The van der Waals surface area contributed by atoms with Crippen molar-refractivity contribution in [2.75, 3.05) is 43.5 Å². The lowest BCUT2D eigenvalue weighted by Gasteiger charge is -2.35. The molecule has 38 heavy (non-hydrogen) atoms. The minimum absolute atomic E-state index is 0.00556. The van der Waals surface area contributed by atoms with Crippen molar-refractivity contribution in [1.82, 2.24) is 9.80 Å². The van der Waals surface area contributed by atoms with Gasteiger partial charge in [-0.05, 0) is 60.4 Å². The number of amides is 1. The number of aryl methyl sites for hydroxylation is 2. The van der Waals surface area contributed by atoms with Crippen LogP contribution in [0.1, 0.15) is 32.6 Å². The van der Waals surface area contributed by atoms with Crippen LogP contribution in [0.25, 0.3) is 0 Å². The highest BCUT2D eigenvalue weighted by Gasteiger charge is 2.24. The quantitative estimate of drug-likeness (QED) is 0.456. The summed E-state index contributed by atoms with van der Waals surface area (Å²) in [5.74, 6) is 1.56. The van der Waals surface area contributed by atoms with Gasteiger partial charge in [-0.3, -0.25) is 14.0 Å². The number of rotatable bonds is 7. The first-order valence-electron chi connectivity index (χ1n) is 12.7. The molecule has 1 saturated heterocycles. The number of piperazine rings is 1. The van der Waals surface area contributed by atoms with Crippen LogP contribution in [-0.4, -0.2) is 63.4 Å². The fourth-order valence-corrected chi connectivity index (χ4v) is 6.07. The van der Waals surface area contributed by atoms with E-state index in [2.05, 4.69) is 11.0 Å². The molecule has 3 aromatic rings. The highest BCUT2D eigenvalue weighted by atomic mass is 32.2. The number of fused-ring (bicyclic) bond motifs is 1. The highest BCUT2D eigenvalue weighted by molar-refractivity contribution is 7.92. The lowest BCUT2D eigenvalue weighted by Crippen LogP contribution is -2.48. The first-order chi connectivity index (χ1) is 18.2. The number of sulfonamides is 1. The molecule has 0 aliphatic carbocycles. The zero-order valence-corrected chi connectivity index (χ0v) is 22.8. The summed E-state index contributed by atoms with van der Waals surface area (Å²) >= 11 is 0. The molecule has 2 aliphatic heterocycles. The van der Waals surface area contributed by atoms with Gasteiger partial charge in [0.2, 0.25) is 16.8 Å². The van der Waals surface area contributed by atoms with Crippen LogP contribution in [-0.2, 0) is 23.1 Å². The molecule has 8 nitrogen and oxygen atoms in total. The van der Waals surface area contributed by atoms with Crippen molar-refractivity contribution in [3.05, 3.63) is 88.5 Å². The average molecular weight is 536 g/mol. The van der Waals surface area contributed by atoms with Gasteiger partial charge in [0.1, 0.15) is 0 Å². The Bertz CT molecular complexity index is 1410. The molecule has 0 atom stereocenters. The van der Waals surface area contributed by atoms with Gasteiger partial charge in [-0.1, -0.05) is 36.4 Å². The maximum Gasteiger partial charge on any atom is 0.253 e. The van der Waals surface area contributed by atoms with Crippen LogP contribution in [0.15, 0.2) is 60.7 Å². The number of benzene rings is 3. The summed E-state index contributed by atoms with van der Waals surface area (Å²) in [5.41, 5.74) is 5.10. The van der Waals surface area contributed by atoms with Crippen molar-refractivity contribution < 1.29 is 22.7 Å². The van der Waals surface area contributed by atoms with Gasteiger partial charge in [0.05, 0.1) is 18.5 Å². The fourth-order valence-electron chi connectivity index (χ4n) is 5.07. The summed E-state index contributed by atoms with van der Waals surface area (Å²) in [5, 5.41) is 0. The van der Waals surface area contributed by atoms with E-state index in [-0.39, 0.29) is 19.2 Å². The molecule has 1 fully saturated rings. The lowest BCUT2D eigenvalue weighted by atomic mass is 10.1. The number of nitrogens with zero attached hydrogens (tertiary/aromatic N) is 3. The second-order valence-electron chi connectivity index (χ2n) is 9.96. The first kappa shape index (κ1) is 26.1. The van der Waals surface area contributed by atoms with Crippen LogP contribution in [0.3, 0.4) is 0 Å². The summed E-state index contributed by atoms with van der Waals surface area (Å²) in [6, 6.07) is 19.0. The van der Waals surface area contributed by atoms with Gasteiger partial charge in [-0.2, -0.15) is 0 Å². The van der Waals surface area contributed by atoms with Crippen LogP contribution in [0, 0.1) is 13.8 Å². The van der Waals surface area contributed by atoms with Crippen LogP contribution in [0.4, 0.5) is 5.69 Å². The van der Waals surface area contributed by atoms with Crippen molar-refractivity contribution in [3.8, 4) is 11.5 Å². The minimum Gasteiger partial charge on any atom is -0.454 e. The Morgan fingerprint density at radius 3 is 2.16 bits per heavy atom. The summed E-state index contributed by atoms with van der Waals surface area (Å²) in [6.07, 6.45) is 1.23. The molecule has 0 N–H and O–H groups in total. The van der Waals surface area contributed by atoms with E-state index in [1.165, 1.54) is 10.6 Å². The van der Waals surface area contributed by atoms with E-state index in [1.54, 1.807) is 12.1 Å². The molecule has 1 amide bonds. The van der Waals surface area contributed by atoms with Crippen molar-refractivity contribution in [2.45, 2.75) is 26.9 Å². The molecule has 3 aromatic carbocycles. The van der Waals surface area contributed by atoms with Gasteiger partial charge >= 0.3 is 0 Å². The van der Waals surface area contributed by atoms with Crippen molar-refractivity contribution in [2.24, 2.45) is 0 Å². The van der Waals surface area contributed by atoms with E-state index in [4.69, 9.17) is 9.47 Å². The maximum absolute atomic E-state index is 13.2. The molecule has 0 unspecified atom stereocenters. The number of carbonyl (C=O) groups excluding carboxylic acids is 1. The third kappa shape index (κ3) is 5.63. The molecule has 9 heteroatoms. The molecule has 2 heterocycles. The standard InChI is InChI=1S/C29H33N3O5S/c1-21-5-4-6-22(2)28(21)32(38(3,34)35)19-23-7-10-25(11-8-23)29(33)31-15-13-30(14-16-31)18-24-9-12-26-27(17-24)37-20-36-26/h4-12,17H,13-16,18-20H2,1-3H3. The first-order valence-corrected chi connectivity index (χ1v) is 14.6. The Morgan fingerprint density at radius 1 is 0.868 bits per heavy atom. The van der Waals surface area contributed by atoms with Gasteiger partial charge in [-0.15, -0.1) is 0 Å². The van der Waals surface area contributed by atoms with E-state index in [9.17, 15) is 13.2 Å². The molecule has 0 spiro atoms. The normalized spacial score (nSPS) is 15.5. The zero-order valence-electron chi connectivity index (χ0n) is 22.0. The number of hydrogen-bond acceptors (Lipinski definition) is 6. The monoisotopic (exact) mass is 535 g/mol. The highest BCUT2D eigenvalue weighted by Crippen LogP contribution is 2.33. The Morgan fingerprint density at radius 2 is 1.50 bits per heavy atom. The van der Waals surface area contributed by atoms with Crippen LogP contribution < -0.4 is 13.8 Å². The summed E-state index contributed by atoms with van der Waals surface area (Å²) in [7, 11) is -3.50. The van der Waals surface area contributed by atoms with Gasteiger partial charge in [0.25, 0.3) is 5.91 Å². The zero-order chi connectivity index (χ0) is 26.9. The number of para-hydroxylation sites is 1. The van der Waals surface area contributed by atoms with E-state index in [0.717, 1.165) is 53.4 Å². The molecule has 0 saturated carbocycles. The van der Waals surface area contributed by atoms with Gasteiger partial charge in [-0.25, -0.2) is 8.42 Å². The van der Waals surface area contributed by atoms with Gasteiger partial charge < -0.3 is 14.4 Å². The second-order valence-corrected chi connectivity index (χ2v) is 11.9. The molecule has 0 aromatic heterocycles. The van der Waals surface area contributed by atoms with Gasteiger partial charge in [0, 0.05) is 38.3 Å². The summed E-state index contributed by atoms with van der Waals surface area (Å²) in [6.45, 7) is 7.98. The Kier molecular flexibility index (Phi) is 7.32. The number of ether oxygens (including phenoxy) is 2. The Labute approximate surface area is 224 Å². The average Bonchev–Trinajstić information content (AvgIpc) is 3.36. The van der Waals surface area contributed by atoms with Crippen molar-refractivity contribution in [1.29, 1.82) is 0 Å². The topological polar surface area (TPSA) is 79.4 Å². The predicted molar refractivity (Wildman–Crippen MR) is 147 cm³/mol. The second kappa shape index (κ2) is 10.7. The fraction of sp³-hybridized carbons (Fsp3) is 0.345. The summed E-state index contributed by atoms with van der Waals surface area (Å²) < 4.78 is 37.6. The predicted octanol–water partition coefficient (Wildman–Crippen LogP) is 3.96. The Hall–Kier alpha value is -3.56. The largest absolute Gasteiger partial charge is 0.454 e. The van der Waals surface area contributed by atoms with Gasteiger partial charge in [0.15, 0.2) is 11.5 Å². The summed E-state index contributed by atoms with van der Waals surface area (Å²) in [4.78, 5) is 17.4.